The van der Waals surface area contributed by atoms with Gasteiger partial charge in [-0.05, 0) is 56.0 Å². The first-order chi connectivity index (χ1) is 15.5. The van der Waals surface area contributed by atoms with Gasteiger partial charge in [0.25, 0.3) is 0 Å². The second-order valence-corrected chi connectivity index (χ2v) is 9.71. The molecule has 0 amide bonds. The average molecular weight is 492 g/mol. The molecule has 3 aliphatic rings. The molecule has 0 saturated carbocycles. The van der Waals surface area contributed by atoms with Crippen LogP contribution >= 0.6 is 15.9 Å². The SMILES string of the molecule is C[C@@H]1CN(C2(C)CC=C(C#N)c3ncccc32)C[C@H](C2=NCCc3c(Br)cccc3N2)O1. The number of aliphatic imine (C=N–C) groups is 1. The van der Waals surface area contributed by atoms with Gasteiger partial charge >= 0.3 is 0 Å². The molecule has 3 heterocycles. The van der Waals surface area contributed by atoms with Gasteiger partial charge in [-0.15, -0.1) is 0 Å². The van der Waals surface area contributed by atoms with Gasteiger partial charge in [-0.25, -0.2) is 0 Å². The fourth-order valence-corrected chi connectivity index (χ4v) is 5.61. The number of halogens is 1. The zero-order valence-corrected chi connectivity index (χ0v) is 19.9. The molecule has 2 aromatic rings. The van der Waals surface area contributed by atoms with Gasteiger partial charge in [0.15, 0.2) is 0 Å². The van der Waals surface area contributed by atoms with E-state index in [1.165, 1.54) is 5.56 Å². The van der Waals surface area contributed by atoms with E-state index in [1.807, 2.05) is 18.2 Å². The molecule has 0 bridgehead atoms. The molecule has 1 saturated heterocycles. The van der Waals surface area contributed by atoms with Crippen molar-refractivity contribution in [2.24, 2.45) is 4.99 Å². The summed E-state index contributed by atoms with van der Waals surface area (Å²) >= 11 is 3.67. The highest BCUT2D eigenvalue weighted by molar-refractivity contribution is 9.10. The maximum Gasteiger partial charge on any atom is 0.132 e. The van der Waals surface area contributed by atoms with E-state index in [2.05, 4.69) is 69.2 Å². The van der Waals surface area contributed by atoms with Gasteiger partial charge in [0.2, 0.25) is 0 Å². The molecule has 1 aromatic carbocycles. The van der Waals surface area contributed by atoms with Crippen molar-refractivity contribution in [3.05, 3.63) is 63.9 Å². The smallest absolute Gasteiger partial charge is 0.132 e. The van der Waals surface area contributed by atoms with Crippen LogP contribution in [0.1, 0.15) is 37.1 Å². The molecule has 0 radical (unpaired) electrons. The Labute approximate surface area is 197 Å². The van der Waals surface area contributed by atoms with Crippen molar-refractivity contribution in [3.63, 3.8) is 0 Å². The highest BCUT2D eigenvalue weighted by Gasteiger charge is 2.43. The Bertz CT molecular complexity index is 1150. The number of anilines is 1. The zero-order valence-electron chi connectivity index (χ0n) is 18.3. The van der Waals surface area contributed by atoms with E-state index in [0.29, 0.717) is 5.57 Å². The van der Waals surface area contributed by atoms with E-state index in [9.17, 15) is 5.26 Å². The number of hydrogen-bond acceptors (Lipinski definition) is 6. The van der Waals surface area contributed by atoms with Gasteiger partial charge in [0.1, 0.15) is 18.0 Å². The largest absolute Gasteiger partial charge is 0.365 e. The molecule has 6 nitrogen and oxygen atoms in total. The van der Waals surface area contributed by atoms with Crippen molar-refractivity contribution in [1.82, 2.24) is 9.88 Å². The number of fused-ring (bicyclic) bond motifs is 2. The molecule has 1 aliphatic carbocycles. The highest BCUT2D eigenvalue weighted by atomic mass is 79.9. The predicted molar refractivity (Wildman–Crippen MR) is 129 cm³/mol. The molecule has 1 aromatic heterocycles. The number of benzene rings is 1. The van der Waals surface area contributed by atoms with Crippen molar-refractivity contribution in [2.75, 3.05) is 25.0 Å². The summed E-state index contributed by atoms with van der Waals surface area (Å²) in [6.45, 7) is 6.63. The van der Waals surface area contributed by atoms with Crippen LogP contribution in [0.15, 0.2) is 52.1 Å². The summed E-state index contributed by atoms with van der Waals surface area (Å²) in [5.74, 6) is 0.887. The van der Waals surface area contributed by atoms with Crippen LogP contribution in [0.3, 0.4) is 0 Å². The lowest BCUT2D eigenvalue weighted by atomic mass is 9.79. The topological polar surface area (TPSA) is 73.5 Å². The molecule has 1 unspecified atom stereocenters. The fourth-order valence-electron chi connectivity index (χ4n) is 5.04. The van der Waals surface area contributed by atoms with E-state index in [1.54, 1.807) is 6.20 Å². The van der Waals surface area contributed by atoms with Crippen LogP contribution in [0.5, 0.6) is 0 Å². The van der Waals surface area contributed by atoms with Crippen LogP contribution in [-0.4, -0.2) is 47.6 Å². The summed E-state index contributed by atoms with van der Waals surface area (Å²) in [6, 6.07) is 12.6. The standard InChI is InChI=1S/C25H26BrN5O/c1-16-14-31(25(2)10-8-17(13-27)23-19(25)5-4-11-28-23)15-22(32-16)24-29-12-9-18-20(26)6-3-7-21(18)30-24/h3-8,11,16,22H,9-10,12,14-15H2,1-2H3,(H,29,30)/t16-,22-,25?/m1/s1. The van der Waals surface area contributed by atoms with Gasteiger partial charge in [-0.1, -0.05) is 34.1 Å². The zero-order chi connectivity index (χ0) is 22.3. The Morgan fingerprint density at radius 1 is 1.28 bits per heavy atom. The molecule has 1 N–H and O–H groups in total. The number of allylic oxidation sites excluding steroid dienone is 1. The van der Waals surface area contributed by atoms with Crippen LogP contribution in [0, 0.1) is 11.3 Å². The van der Waals surface area contributed by atoms with Gasteiger partial charge < -0.3 is 10.1 Å². The van der Waals surface area contributed by atoms with Gasteiger partial charge in [-0.2, -0.15) is 5.26 Å². The van der Waals surface area contributed by atoms with Crippen LogP contribution in [-0.2, 0) is 16.7 Å². The first kappa shape index (κ1) is 21.3. The predicted octanol–water partition coefficient (Wildman–Crippen LogP) is 4.53. The number of rotatable bonds is 2. The molecule has 0 spiro atoms. The second kappa shape index (κ2) is 8.43. The van der Waals surface area contributed by atoms with Crippen molar-refractivity contribution in [1.29, 1.82) is 5.26 Å². The van der Waals surface area contributed by atoms with Gasteiger partial charge in [0.05, 0.1) is 17.4 Å². The van der Waals surface area contributed by atoms with E-state index in [-0.39, 0.29) is 17.7 Å². The molecule has 164 valence electrons. The quantitative estimate of drug-likeness (QED) is 0.667. The number of nitrogens with one attached hydrogen (secondary N) is 1. The number of nitrogens with zero attached hydrogens (tertiary/aromatic N) is 4. The molecule has 32 heavy (non-hydrogen) atoms. The lowest BCUT2D eigenvalue weighted by Crippen LogP contribution is -2.58. The maximum absolute atomic E-state index is 9.58. The summed E-state index contributed by atoms with van der Waals surface area (Å²) in [5, 5.41) is 13.1. The molecular formula is C25H26BrN5O. The summed E-state index contributed by atoms with van der Waals surface area (Å²) < 4.78 is 7.50. The second-order valence-electron chi connectivity index (χ2n) is 8.86. The molecule has 1 fully saturated rings. The third-order valence-electron chi connectivity index (χ3n) is 6.76. The number of aromatic nitrogens is 1. The Balaban J connectivity index is 1.45. The molecular weight excluding hydrogens is 466 g/mol. The Morgan fingerprint density at radius 2 is 2.16 bits per heavy atom. The molecule has 7 heteroatoms. The molecule has 2 aliphatic heterocycles. The Kier molecular flexibility index (Phi) is 5.62. The average Bonchev–Trinajstić information content (AvgIpc) is 3.03. The van der Waals surface area contributed by atoms with Crippen LogP contribution in [0.25, 0.3) is 5.57 Å². The summed E-state index contributed by atoms with van der Waals surface area (Å²) in [7, 11) is 0. The van der Waals surface area contributed by atoms with Gasteiger partial charge in [-0.3, -0.25) is 14.9 Å². The molecule has 3 atom stereocenters. The van der Waals surface area contributed by atoms with Crippen LogP contribution in [0.2, 0.25) is 0 Å². The third-order valence-corrected chi connectivity index (χ3v) is 7.50. The monoisotopic (exact) mass is 491 g/mol. The lowest BCUT2D eigenvalue weighted by molar-refractivity contribution is -0.0828. The number of morpholine rings is 1. The third kappa shape index (κ3) is 3.66. The fraction of sp³-hybridized carbons (Fsp3) is 0.400. The van der Waals surface area contributed by atoms with Crippen LogP contribution < -0.4 is 5.32 Å². The number of nitriles is 1. The number of amidine groups is 1. The number of ether oxygens (including phenoxy) is 1. The number of pyridine rings is 1. The lowest BCUT2D eigenvalue weighted by Gasteiger charge is -2.48. The molecule has 5 rings (SSSR count). The van der Waals surface area contributed by atoms with E-state index >= 15 is 0 Å². The highest BCUT2D eigenvalue weighted by Crippen LogP contribution is 2.42. The summed E-state index contributed by atoms with van der Waals surface area (Å²) in [5.41, 5.74) is 4.64. The normalized spacial score (nSPS) is 27.7. The first-order valence-corrected chi connectivity index (χ1v) is 11.8. The minimum atomic E-state index is -0.257. The van der Waals surface area contributed by atoms with Crippen molar-refractivity contribution in [3.8, 4) is 6.07 Å². The maximum atomic E-state index is 9.58. The number of hydrogen-bond donors (Lipinski definition) is 1. The van der Waals surface area contributed by atoms with Gasteiger partial charge in [0, 0.05) is 41.5 Å². The Hall–Kier alpha value is -2.53. The van der Waals surface area contributed by atoms with E-state index < -0.39 is 0 Å². The van der Waals surface area contributed by atoms with Crippen molar-refractivity contribution in [2.45, 2.75) is 44.4 Å². The minimum absolute atomic E-state index is 0.0572. The Morgan fingerprint density at radius 3 is 3.00 bits per heavy atom. The van der Waals surface area contributed by atoms with Crippen LogP contribution in [0.4, 0.5) is 5.69 Å². The minimum Gasteiger partial charge on any atom is -0.365 e. The van der Waals surface area contributed by atoms with Crippen molar-refractivity contribution >= 4 is 33.0 Å². The van der Waals surface area contributed by atoms with Crippen molar-refractivity contribution < 1.29 is 4.74 Å². The summed E-state index contributed by atoms with van der Waals surface area (Å²) in [4.78, 5) is 11.9. The summed E-state index contributed by atoms with van der Waals surface area (Å²) in [6.07, 6.45) is 5.35. The van der Waals surface area contributed by atoms with E-state index in [0.717, 1.165) is 59.7 Å². The van der Waals surface area contributed by atoms with E-state index in [4.69, 9.17) is 9.73 Å². The first-order valence-electron chi connectivity index (χ1n) is 11.0.